The molecule has 0 saturated heterocycles. The van der Waals surface area contributed by atoms with Crippen molar-refractivity contribution in [3.8, 4) is 0 Å². The molecule has 21 heavy (non-hydrogen) atoms. The summed E-state index contributed by atoms with van der Waals surface area (Å²) < 4.78 is 9.67. The van der Waals surface area contributed by atoms with Crippen LogP contribution in [0.5, 0.6) is 0 Å². The van der Waals surface area contributed by atoms with Gasteiger partial charge in [0.1, 0.15) is 0 Å². The number of methoxy groups -OCH3 is 1. The van der Waals surface area contributed by atoms with Crippen molar-refractivity contribution in [1.82, 2.24) is 4.98 Å². The van der Waals surface area contributed by atoms with E-state index in [1.54, 1.807) is 20.8 Å². The molecule has 0 spiro atoms. The molecule has 1 atom stereocenters. The third-order valence-electron chi connectivity index (χ3n) is 3.04. The summed E-state index contributed by atoms with van der Waals surface area (Å²) in [7, 11) is 1.27. The Morgan fingerprint density at radius 2 is 1.86 bits per heavy atom. The van der Waals surface area contributed by atoms with Crippen molar-refractivity contribution >= 4 is 17.7 Å². The summed E-state index contributed by atoms with van der Waals surface area (Å²) in [4.78, 5) is 38.2. The Kier molecular flexibility index (Phi) is 5.46. The van der Waals surface area contributed by atoms with Crippen LogP contribution >= 0.6 is 0 Å². The molecule has 6 nitrogen and oxygen atoms in total. The van der Waals surface area contributed by atoms with E-state index in [1.807, 2.05) is 0 Å². The summed E-state index contributed by atoms with van der Waals surface area (Å²) in [5.41, 5.74) is 1.59. The summed E-state index contributed by atoms with van der Waals surface area (Å²) in [6, 6.07) is 0. The van der Waals surface area contributed by atoms with Crippen molar-refractivity contribution in [3.63, 3.8) is 0 Å². The maximum Gasteiger partial charge on any atom is 0.339 e. The molecule has 1 aromatic rings. The van der Waals surface area contributed by atoms with Crippen molar-refractivity contribution < 1.29 is 23.9 Å². The molecule has 0 aliphatic rings. The zero-order valence-corrected chi connectivity index (χ0v) is 12.8. The van der Waals surface area contributed by atoms with Gasteiger partial charge in [0, 0.05) is 11.8 Å². The number of ketones is 1. The van der Waals surface area contributed by atoms with Gasteiger partial charge in [0.05, 0.1) is 18.4 Å². The number of hydrogen-bond donors (Lipinski definition) is 1. The minimum Gasteiger partial charge on any atom is -0.465 e. The number of Topliss-reactive ketones (excluding diaryl/α,β-unsaturated/α-hetero) is 1. The second-order valence-corrected chi connectivity index (χ2v) is 4.56. The third-order valence-corrected chi connectivity index (χ3v) is 3.04. The molecule has 0 aromatic carbocycles. The molecule has 1 rings (SSSR count). The SMILES string of the molecule is C/C=C/C(=O)O[C@@H](C)C(=O)c1[nH]c(C)c(C(=O)OC)c1C. The quantitative estimate of drug-likeness (QED) is 0.510. The van der Waals surface area contributed by atoms with E-state index in [0.29, 0.717) is 16.8 Å². The van der Waals surface area contributed by atoms with Gasteiger partial charge in [0.2, 0.25) is 5.78 Å². The second kappa shape index (κ2) is 6.88. The van der Waals surface area contributed by atoms with Crippen LogP contribution < -0.4 is 0 Å². The average Bonchev–Trinajstić information content (AvgIpc) is 2.72. The number of aromatic amines is 1. The number of aryl methyl sites for hydroxylation is 1. The van der Waals surface area contributed by atoms with Crippen LogP contribution in [-0.2, 0) is 14.3 Å². The fourth-order valence-electron chi connectivity index (χ4n) is 2.01. The predicted octanol–water partition coefficient (Wildman–Crippen LogP) is 2.11. The van der Waals surface area contributed by atoms with Crippen molar-refractivity contribution in [2.45, 2.75) is 33.8 Å². The van der Waals surface area contributed by atoms with Gasteiger partial charge in [-0.25, -0.2) is 9.59 Å². The molecule has 1 N–H and O–H groups in total. The largest absolute Gasteiger partial charge is 0.465 e. The van der Waals surface area contributed by atoms with Gasteiger partial charge >= 0.3 is 11.9 Å². The van der Waals surface area contributed by atoms with Crippen LogP contribution in [0.15, 0.2) is 12.2 Å². The molecule has 0 bridgehead atoms. The van der Waals surface area contributed by atoms with E-state index >= 15 is 0 Å². The van der Waals surface area contributed by atoms with E-state index in [-0.39, 0.29) is 5.69 Å². The number of carbonyl (C=O) groups is 3. The van der Waals surface area contributed by atoms with Gasteiger partial charge in [-0.2, -0.15) is 0 Å². The highest BCUT2D eigenvalue weighted by Crippen LogP contribution is 2.20. The molecule has 0 unspecified atom stereocenters. The van der Waals surface area contributed by atoms with Gasteiger partial charge < -0.3 is 14.5 Å². The number of hydrogen-bond acceptors (Lipinski definition) is 5. The first kappa shape index (κ1) is 16.7. The number of H-pyrrole nitrogens is 1. The fraction of sp³-hybridized carbons (Fsp3) is 0.400. The van der Waals surface area contributed by atoms with Crippen molar-refractivity contribution in [1.29, 1.82) is 0 Å². The molecule has 1 heterocycles. The third kappa shape index (κ3) is 3.59. The maximum absolute atomic E-state index is 12.3. The molecular formula is C15H19NO5. The molecular weight excluding hydrogens is 274 g/mol. The number of aromatic nitrogens is 1. The van der Waals surface area contributed by atoms with Crippen LogP contribution in [0.3, 0.4) is 0 Å². The summed E-state index contributed by atoms with van der Waals surface area (Å²) in [5.74, 6) is -1.50. The first-order chi connectivity index (χ1) is 9.83. The Labute approximate surface area is 123 Å². The van der Waals surface area contributed by atoms with Gasteiger partial charge in [0.25, 0.3) is 0 Å². The number of rotatable bonds is 5. The van der Waals surface area contributed by atoms with E-state index in [2.05, 4.69) is 9.72 Å². The summed E-state index contributed by atoms with van der Waals surface area (Å²) >= 11 is 0. The number of ether oxygens (including phenoxy) is 2. The Morgan fingerprint density at radius 3 is 2.38 bits per heavy atom. The van der Waals surface area contributed by atoms with Crippen LogP contribution in [0.1, 0.15) is 46.0 Å². The smallest absolute Gasteiger partial charge is 0.339 e. The Balaban J connectivity index is 3.03. The van der Waals surface area contributed by atoms with Crippen LogP contribution in [0, 0.1) is 13.8 Å². The van der Waals surface area contributed by atoms with Gasteiger partial charge in [0.15, 0.2) is 6.10 Å². The summed E-state index contributed by atoms with van der Waals surface area (Å²) in [6.07, 6.45) is 1.81. The molecule has 1 aromatic heterocycles. The highest BCUT2D eigenvalue weighted by molar-refractivity contribution is 6.04. The van der Waals surface area contributed by atoms with E-state index in [1.165, 1.54) is 26.2 Å². The predicted molar refractivity (Wildman–Crippen MR) is 76.3 cm³/mol. The molecule has 0 fully saturated rings. The van der Waals surface area contributed by atoms with Gasteiger partial charge in [-0.3, -0.25) is 4.79 Å². The monoisotopic (exact) mass is 293 g/mol. The lowest BCUT2D eigenvalue weighted by Crippen LogP contribution is -2.24. The van der Waals surface area contributed by atoms with Crippen LogP contribution in [-0.4, -0.2) is 35.9 Å². The molecule has 0 aliphatic heterocycles. The van der Waals surface area contributed by atoms with Gasteiger partial charge in [-0.15, -0.1) is 0 Å². The number of allylic oxidation sites excluding steroid dienone is 1. The van der Waals surface area contributed by atoms with Crippen molar-refractivity contribution in [2.24, 2.45) is 0 Å². The van der Waals surface area contributed by atoms with E-state index in [9.17, 15) is 14.4 Å². The van der Waals surface area contributed by atoms with E-state index in [4.69, 9.17) is 4.74 Å². The van der Waals surface area contributed by atoms with Crippen molar-refractivity contribution in [3.05, 3.63) is 34.7 Å². The minimum absolute atomic E-state index is 0.244. The Morgan fingerprint density at radius 1 is 1.24 bits per heavy atom. The number of nitrogens with one attached hydrogen (secondary N) is 1. The molecule has 114 valence electrons. The first-order valence-electron chi connectivity index (χ1n) is 6.48. The topological polar surface area (TPSA) is 85.5 Å². The summed E-state index contributed by atoms with van der Waals surface area (Å²) in [5, 5.41) is 0. The average molecular weight is 293 g/mol. The molecule has 0 saturated carbocycles. The highest BCUT2D eigenvalue weighted by atomic mass is 16.5. The maximum atomic E-state index is 12.3. The van der Waals surface area contributed by atoms with E-state index < -0.39 is 23.8 Å². The summed E-state index contributed by atoms with van der Waals surface area (Å²) in [6.45, 7) is 6.47. The Bertz CT molecular complexity index is 597. The lowest BCUT2D eigenvalue weighted by atomic mass is 10.1. The highest BCUT2D eigenvalue weighted by Gasteiger charge is 2.26. The normalized spacial score (nSPS) is 12.2. The van der Waals surface area contributed by atoms with Gasteiger partial charge in [-0.05, 0) is 33.3 Å². The lowest BCUT2D eigenvalue weighted by Gasteiger charge is -2.10. The lowest BCUT2D eigenvalue weighted by molar-refractivity contribution is -0.140. The molecule has 0 radical (unpaired) electrons. The van der Waals surface area contributed by atoms with E-state index in [0.717, 1.165) is 0 Å². The molecule has 6 heteroatoms. The standard InChI is InChI=1S/C15H19NO5/c1-6-7-11(17)21-10(4)14(18)13-8(2)12(9(3)16-13)15(19)20-5/h6-7,10,16H,1-5H3/b7-6+/t10-/m0/s1. The first-order valence-corrected chi connectivity index (χ1v) is 6.48. The van der Waals surface area contributed by atoms with Crippen molar-refractivity contribution in [2.75, 3.05) is 7.11 Å². The Hall–Kier alpha value is -2.37. The van der Waals surface area contributed by atoms with Gasteiger partial charge in [-0.1, -0.05) is 6.08 Å². The molecule has 0 amide bonds. The van der Waals surface area contributed by atoms with Crippen LogP contribution in [0.25, 0.3) is 0 Å². The minimum atomic E-state index is -0.948. The number of esters is 2. The van der Waals surface area contributed by atoms with Crippen LogP contribution in [0.2, 0.25) is 0 Å². The zero-order chi connectivity index (χ0) is 16.2. The van der Waals surface area contributed by atoms with Crippen LogP contribution in [0.4, 0.5) is 0 Å². The zero-order valence-electron chi connectivity index (χ0n) is 12.8. The fourth-order valence-corrected chi connectivity index (χ4v) is 2.01. The molecule has 0 aliphatic carbocycles. The second-order valence-electron chi connectivity index (χ2n) is 4.56. The number of carbonyl (C=O) groups excluding carboxylic acids is 3.